The molecule has 2 N–H and O–H groups in total. The van der Waals surface area contributed by atoms with Crippen molar-refractivity contribution in [3.05, 3.63) is 11.6 Å². The first-order valence-corrected chi connectivity index (χ1v) is 6.90. The number of rotatable bonds is 5. The topological polar surface area (TPSA) is 88.2 Å². The van der Waals surface area contributed by atoms with Gasteiger partial charge in [0.25, 0.3) is 0 Å². The van der Waals surface area contributed by atoms with Crippen LogP contribution in [0.15, 0.2) is 0 Å². The number of hydrogen-bond donors (Lipinski definition) is 2. The van der Waals surface area contributed by atoms with E-state index in [1.807, 2.05) is 11.5 Å². The summed E-state index contributed by atoms with van der Waals surface area (Å²) in [5.74, 6) is 0.995. The Morgan fingerprint density at radius 1 is 1.37 bits per heavy atom. The molecule has 0 aromatic carbocycles. The van der Waals surface area contributed by atoms with Crippen LogP contribution in [0, 0.1) is 6.92 Å². The summed E-state index contributed by atoms with van der Waals surface area (Å²) >= 11 is 0. The number of nitrogens with zero attached hydrogens (tertiary/aromatic N) is 3. The van der Waals surface area contributed by atoms with E-state index in [-0.39, 0.29) is 6.42 Å². The lowest BCUT2D eigenvalue weighted by atomic mass is 9.88. The van der Waals surface area contributed by atoms with E-state index in [9.17, 15) is 9.90 Å². The Balaban J connectivity index is 2.06. The van der Waals surface area contributed by atoms with Gasteiger partial charge in [0, 0.05) is 18.9 Å². The van der Waals surface area contributed by atoms with Gasteiger partial charge >= 0.3 is 5.97 Å². The van der Waals surface area contributed by atoms with Crippen molar-refractivity contribution in [3.8, 4) is 0 Å². The van der Waals surface area contributed by atoms with E-state index in [2.05, 4.69) is 10.2 Å². The van der Waals surface area contributed by atoms with Crippen LogP contribution in [0.3, 0.4) is 0 Å². The van der Waals surface area contributed by atoms with Gasteiger partial charge in [0.1, 0.15) is 11.6 Å². The van der Waals surface area contributed by atoms with Crippen LogP contribution in [0.5, 0.6) is 0 Å². The van der Waals surface area contributed by atoms with Crippen LogP contribution in [0.4, 0.5) is 0 Å². The van der Waals surface area contributed by atoms with Gasteiger partial charge in [0.05, 0.1) is 0 Å². The number of hydrogen-bond acceptors (Lipinski definition) is 4. The highest BCUT2D eigenvalue weighted by atomic mass is 16.4. The summed E-state index contributed by atoms with van der Waals surface area (Å²) in [6.07, 6.45) is 4.83. The lowest BCUT2D eigenvalue weighted by Gasteiger charge is -2.22. The standard InChI is InChI=1S/C13H21N3O3/c1-9-14-15-12(10-5-3-2-4-6-10)16(9)8-7-11(17)13(18)19/h10-11,17H,2-8H2,1H3,(H,18,19). The van der Waals surface area contributed by atoms with E-state index >= 15 is 0 Å². The Hall–Kier alpha value is -1.43. The normalized spacial score (nSPS) is 18.4. The number of carbonyl (C=O) groups is 1. The summed E-state index contributed by atoms with van der Waals surface area (Å²) in [5, 5.41) is 26.4. The summed E-state index contributed by atoms with van der Waals surface area (Å²) < 4.78 is 1.96. The van der Waals surface area contributed by atoms with Gasteiger partial charge in [0.2, 0.25) is 0 Å². The Morgan fingerprint density at radius 3 is 2.68 bits per heavy atom. The minimum atomic E-state index is -1.32. The maximum atomic E-state index is 10.6. The number of aliphatic carboxylic acids is 1. The zero-order valence-corrected chi connectivity index (χ0v) is 11.2. The molecule has 2 rings (SSSR count). The summed E-state index contributed by atoms with van der Waals surface area (Å²) in [6, 6.07) is 0. The number of aromatic nitrogens is 3. The van der Waals surface area contributed by atoms with Crippen molar-refractivity contribution < 1.29 is 15.0 Å². The van der Waals surface area contributed by atoms with Gasteiger partial charge in [-0.3, -0.25) is 0 Å². The SMILES string of the molecule is Cc1nnc(C2CCCCC2)n1CCC(O)C(=O)O. The van der Waals surface area contributed by atoms with Crippen LogP contribution >= 0.6 is 0 Å². The fourth-order valence-electron chi connectivity index (χ4n) is 2.71. The fraction of sp³-hybridized carbons (Fsp3) is 0.769. The summed E-state index contributed by atoms with van der Waals surface area (Å²) in [4.78, 5) is 10.6. The van der Waals surface area contributed by atoms with E-state index in [0.717, 1.165) is 24.5 Å². The first kappa shape index (κ1) is 14.0. The lowest BCUT2D eigenvalue weighted by molar-refractivity contribution is -0.147. The third kappa shape index (κ3) is 3.32. The second kappa shape index (κ2) is 6.14. The number of aliphatic hydroxyl groups excluding tert-OH is 1. The number of aryl methyl sites for hydroxylation is 1. The second-order valence-electron chi connectivity index (χ2n) is 5.23. The molecule has 1 aliphatic rings. The molecule has 1 aromatic heterocycles. The van der Waals surface area contributed by atoms with Crippen LogP contribution in [0.1, 0.15) is 56.1 Å². The Bertz CT molecular complexity index is 438. The highest BCUT2D eigenvalue weighted by molar-refractivity contribution is 5.71. The van der Waals surface area contributed by atoms with Crippen molar-refractivity contribution in [3.63, 3.8) is 0 Å². The van der Waals surface area contributed by atoms with Gasteiger partial charge < -0.3 is 14.8 Å². The van der Waals surface area contributed by atoms with Gasteiger partial charge in [-0.2, -0.15) is 0 Å². The summed E-state index contributed by atoms with van der Waals surface area (Å²) in [7, 11) is 0. The van der Waals surface area contributed by atoms with Crippen LogP contribution in [-0.2, 0) is 11.3 Å². The molecule has 1 atom stereocenters. The molecule has 0 bridgehead atoms. The molecule has 6 nitrogen and oxygen atoms in total. The molecular formula is C13H21N3O3. The highest BCUT2D eigenvalue weighted by Crippen LogP contribution is 2.31. The summed E-state index contributed by atoms with van der Waals surface area (Å²) in [6.45, 7) is 2.32. The van der Waals surface area contributed by atoms with Crippen LogP contribution in [0.2, 0.25) is 0 Å². The molecule has 0 saturated heterocycles. The molecule has 19 heavy (non-hydrogen) atoms. The van der Waals surface area contributed by atoms with Crippen molar-refractivity contribution in [2.75, 3.05) is 0 Å². The smallest absolute Gasteiger partial charge is 0.332 e. The van der Waals surface area contributed by atoms with Gasteiger partial charge in [0.15, 0.2) is 6.10 Å². The molecule has 0 amide bonds. The van der Waals surface area contributed by atoms with Crippen molar-refractivity contribution in [2.45, 2.75) is 64.0 Å². The highest BCUT2D eigenvalue weighted by Gasteiger charge is 2.23. The van der Waals surface area contributed by atoms with Gasteiger partial charge in [-0.25, -0.2) is 4.79 Å². The van der Waals surface area contributed by atoms with E-state index in [1.165, 1.54) is 19.3 Å². The molecule has 1 aliphatic carbocycles. The number of carboxylic acids is 1. The molecule has 0 radical (unpaired) electrons. The van der Waals surface area contributed by atoms with Gasteiger partial charge in [-0.1, -0.05) is 19.3 Å². The summed E-state index contributed by atoms with van der Waals surface area (Å²) in [5.41, 5.74) is 0. The zero-order valence-electron chi connectivity index (χ0n) is 11.2. The molecule has 1 heterocycles. The van der Waals surface area contributed by atoms with E-state index in [4.69, 9.17) is 5.11 Å². The molecule has 0 spiro atoms. The van der Waals surface area contributed by atoms with Crippen LogP contribution in [0.25, 0.3) is 0 Å². The maximum Gasteiger partial charge on any atom is 0.332 e. The minimum absolute atomic E-state index is 0.188. The van der Waals surface area contributed by atoms with Crippen LogP contribution < -0.4 is 0 Å². The fourth-order valence-corrected chi connectivity index (χ4v) is 2.71. The maximum absolute atomic E-state index is 10.6. The Morgan fingerprint density at radius 2 is 2.05 bits per heavy atom. The van der Waals surface area contributed by atoms with E-state index < -0.39 is 12.1 Å². The molecule has 106 valence electrons. The third-order valence-corrected chi connectivity index (χ3v) is 3.85. The average molecular weight is 267 g/mol. The van der Waals surface area contributed by atoms with Gasteiger partial charge in [-0.15, -0.1) is 10.2 Å². The zero-order chi connectivity index (χ0) is 13.8. The Kier molecular flexibility index (Phi) is 4.52. The predicted octanol–water partition coefficient (Wildman–Crippen LogP) is 1.47. The molecule has 1 saturated carbocycles. The molecule has 0 aliphatic heterocycles. The van der Waals surface area contributed by atoms with Crippen molar-refractivity contribution in [1.82, 2.24) is 14.8 Å². The van der Waals surface area contributed by atoms with E-state index in [0.29, 0.717) is 12.5 Å². The van der Waals surface area contributed by atoms with Crippen molar-refractivity contribution >= 4 is 5.97 Å². The van der Waals surface area contributed by atoms with E-state index in [1.54, 1.807) is 0 Å². The van der Waals surface area contributed by atoms with Crippen LogP contribution in [-0.4, -0.2) is 37.1 Å². The predicted molar refractivity (Wildman–Crippen MR) is 68.8 cm³/mol. The molecule has 1 fully saturated rings. The second-order valence-corrected chi connectivity index (χ2v) is 5.23. The first-order chi connectivity index (χ1) is 9.09. The molecule has 1 aromatic rings. The largest absolute Gasteiger partial charge is 0.479 e. The third-order valence-electron chi connectivity index (χ3n) is 3.85. The molecule has 6 heteroatoms. The molecular weight excluding hydrogens is 246 g/mol. The average Bonchev–Trinajstić information content (AvgIpc) is 2.78. The molecule has 1 unspecified atom stereocenters. The Labute approximate surface area is 112 Å². The lowest BCUT2D eigenvalue weighted by Crippen LogP contribution is -2.23. The monoisotopic (exact) mass is 267 g/mol. The quantitative estimate of drug-likeness (QED) is 0.843. The number of aliphatic hydroxyl groups is 1. The number of carboxylic acid groups (broad SMARTS) is 1. The minimum Gasteiger partial charge on any atom is -0.479 e. The van der Waals surface area contributed by atoms with Gasteiger partial charge in [-0.05, 0) is 19.8 Å². The van der Waals surface area contributed by atoms with Crippen molar-refractivity contribution in [1.29, 1.82) is 0 Å². The first-order valence-electron chi connectivity index (χ1n) is 6.90. The van der Waals surface area contributed by atoms with Crippen molar-refractivity contribution in [2.24, 2.45) is 0 Å².